The summed E-state index contributed by atoms with van der Waals surface area (Å²) in [6, 6.07) is 4.59. The van der Waals surface area contributed by atoms with Gasteiger partial charge in [-0.05, 0) is 37.6 Å². The van der Waals surface area contributed by atoms with Crippen molar-refractivity contribution in [3.8, 4) is 0 Å². The molecule has 0 radical (unpaired) electrons. The molecule has 0 fully saturated rings. The second-order valence-electron chi connectivity index (χ2n) is 3.99. The Hall–Kier alpha value is -1.55. The predicted molar refractivity (Wildman–Crippen MR) is 65.4 cm³/mol. The van der Waals surface area contributed by atoms with Crippen molar-refractivity contribution >= 4 is 23.5 Å². The number of aliphatic carboxylic acids is 1. The lowest BCUT2D eigenvalue weighted by Gasteiger charge is -2.12. The minimum atomic E-state index is -0.944. The molecule has 1 aromatic rings. The van der Waals surface area contributed by atoms with Crippen molar-refractivity contribution in [2.75, 3.05) is 0 Å². The molecular weight excluding hydrogens is 242 g/mol. The first-order valence-corrected chi connectivity index (χ1v) is 5.56. The van der Waals surface area contributed by atoms with E-state index in [1.807, 2.05) is 6.92 Å². The van der Waals surface area contributed by atoms with Crippen LogP contribution in [-0.2, 0) is 4.79 Å². The Bertz CT molecular complexity index is 425. The summed E-state index contributed by atoms with van der Waals surface area (Å²) in [5.41, 5.74) is 1.32. The fourth-order valence-corrected chi connectivity index (χ4v) is 1.78. The standard InChI is InChI=1S/C12H14ClNO3/c1-7-3-9(6-10(13)4-7)12(17)14-8(2)5-11(15)16/h3-4,6,8H,5H2,1-2H3,(H,14,17)(H,15,16). The molecule has 0 saturated heterocycles. The molecule has 17 heavy (non-hydrogen) atoms. The largest absolute Gasteiger partial charge is 0.481 e. The van der Waals surface area contributed by atoms with Gasteiger partial charge in [0.05, 0.1) is 6.42 Å². The van der Waals surface area contributed by atoms with E-state index in [2.05, 4.69) is 5.32 Å². The first-order valence-electron chi connectivity index (χ1n) is 5.18. The number of carboxylic acids is 1. The molecule has 0 aromatic heterocycles. The Morgan fingerprint density at radius 2 is 2.06 bits per heavy atom. The second kappa shape index (κ2) is 5.68. The van der Waals surface area contributed by atoms with Gasteiger partial charge < -0.3 is 10.4 Å². The lowest BCUT2D eigenvalue weighted by Crippen LogP contribution is -2.34. The molecule has 0 spiro atoms. The quantitative estimate of drug-likeness (QED) is 0.867. The van der Waals surface area contributed by atoms with E-state index in [9.17, 15) is 9.59 Å². The third kappa shape index (κ3) is 4.44. The van der Waals surface area contributed by atoms with Gasteiger partial charge in [-0.2, -0.15) is 0 Å². The summed E-state index contributed by atoms with van der Waals surface area (Å²) in [6.45, 7) is 3.48. The Labute approximate surface area is 105 Å². The highest BCUT2D eigenvalue weighted by atomic mass is 35.5. The molecule has 4 nitrogen and oxygen atoms in total. The zero-order valence-electron chi connectivity index (χ0n) is 9.66. The Morgan fingerprint density at radius 3 is 2.59 bits per heavy atom. The number of carboxylic acid groups (broad SMARTS) is 1. The number of amides is 1. The van der Waals surface area contributed by atoms with E-state index in [1.54, 1.807) is 25.1 Å². The van der Waals surface area contributed by atoms with Crippen LogP contribution in [0, 0.1) is 6.92 Å². The van der Waals surface area contributed by atoms with E-state index < -0.39 is 12.0 Å². The number of carbonyl (C=O) groups is 2. The second-order valence-corrected chi connectivity index (χ2v) is 4.43. The molecule has 1 unspecified atom stereocenters. The number of hydrogen-bond donors (Lipinski definition) is 2. The zero-order valence-corrected chi connectivity index (χ0v) is 10.4. The van der Waals surface area contributed by atoms with Gasteiger partial charge in [-0.15, -0.1) is 0 Å². The van der Waals surface area contributed by atoms with Gasteiger partial charge in [0.2, 0.25) is 0 Å². The third-order valence-corrected chi connectivity index (χ3v) is 2.38. The van der Waals surface area contributed by atoms with Gasteiger partial charge in [-0.3, -0.25) is 9.59 Å². The molecule has 1 atom stereocenters. The minimum absolute atomic E-state index is 0.106. The fraction of sp³-hybridized carbons (Fsp3) is 0.333. The maximum atomic E-state index is 11.8. The van der Waals surface area contributed by atoms with Crippen molar-refractivity contribution in [3.05, 3.63) is 34.3 Å². The van der Waals surface area contributed by atoms with Crippen LogP contribution in [0.15, 0.2) is 18.2 Å². The van der Waals surface area contributed by atoms with Gasteiger partial charge in [-0.1, -0.05) is 11.6 Å². The molecule has 1 rings (SSSR count). The molecule has 0 aliphatic rings. The van der Waals surface area contributed by atoms with Crippen LogP contribution >= 0.6 is 11.6 Å². The van der Waals surface area contributed by atoms with Crippen molar-refractivity contribution in [1.29, 1.82) is 0 Å². The molecule has 1 aromatic carbocycles. The third-order valence-electron chi connectivity index (χ3n) is 2.16. The molecule has 0 aliphatic heterocycles. The van der Waals surface area contributed by atoms with E-state index in [1.165, 1.54) is 0 Å². The van der Waals surface area contributed by atoms with Crippen LogP contribution < -0.4 is 5.32 Å². The van der Waals surface area contributed by atoms with Crippen molar-refractivity contribution in [3.63, 3.8) is 0 Å². The van der Waals surface area contributed by atoms with Crippen LogP contribution in [0.5, 0.6) is 0 Å². The van der Waals surface area contributed by atoms with Crippen LogP contribution in [0.4, 0.5) is 0 Å². The zero-order chi connectivity index (χ0) is 13.0. The Kier molecular flexibility index (Phi) is 4.52. The van der Waals surface area contributed by atoms with E-state index in [0.717, 1.165) is 5.56 Å². The van der Waals surface area contributed by atoms with Crippen molar-refractivity contribution < 1.29 is 14.7 Å². The highest BCUT2D eigenvalue weighted by Crippen LogP contribution is 2.14. The molecule has 0 saturated carbocycles. The van der Waals surface area contributed by atoms with E-state index >= 15 is 0 Å². The lowest BCUT2D eigenvalue weighted by molar-refractivity contribution is -0.137. The van der Waals surface area contributed by atoms with Crippen LogP contribution in [0.1, 0.15) is 29.3 Å². The van der Waals surface area contributed by atoms with Crippen molar-refractivity contribution in [1.82, 2.24) is 5.32 Å². The first kappa shape index (κ1) is 13.5. The summed E-state index contributed by atoms with van der Waals surface area (Å²) in [6.07, 6.45) is -0.106. The molecule has 0 aliphatic carbocycles. The minimum Gasteiger partial charge on any atom is -0.481 e. The summed E-state index contributed by atoms with van der Waals surface area (Å²) < 4.78 is 0. The molecule has 2 N–H and O–H groups in total. The van der Waals surface area contributed by atoms with E-state index in [4.69, 9.17) is 16.7 Å². The molecule has 0 heterocycles. The van der Waals surface area contributed by atoms with Crippen LogP contribution in [-0.4, -0.2) is 23.0 Å². The summed E-state index contributed by atoms with van der Waals surface area (Å²) in [7, 11) is 0. The normalized spacial score (nSPS) is 11.9. The highest BCUT2D eigenvalue weighted by molar-refractivity contribution is 6.31. The van der Waals surface area contributed by atoms with Gasteiger partial charge >= 0.3 is 5.97 Å². The van der Waals surface area contributed by atoms with Crippen LogP contribution in [0.25, 0.3) is 0 Å². The predicted octanol–water partition coefficient (Wildman–Crippen LogP) is 2.24. The maximum absolute atomic E-state index is 11.8. The molecular formula is C12H14ClNO3. The Balaban J connectivity index is 2.72. The SMILES string of the molecule is Cc1cc(Cl)cc(C(=O)NC(C)CC(=O)O)c1. The number of rotatable bonds is 4. The highest BCUT2D eigenvalue weighted by Gasteiger charge is 2.13. The van der Waals surface area contributed by atoms with Gasteiger partial charge in [0, 0.05) is 16.6 Å². The topological polar surface area (TPSA) is 66.4 Å². The van der Waals surface area contributed by atoms with Gasteiger partial charge in [-0.25, -0.2) is 0 Å². The van der Waals surface area contributed by atoms with E-state index in [-0.39, 0.29) is 12.3 Å². The van der Waals surface area contributed by atoms with Gasteiger partial charge in [0.25, 0.3) is 5.91 Å². The fourth-order valence-electron chi connectivity index (χ4n) is 1.49. The monoisotopic (exact) mass is 255 g/mol. The average Bonchev–Trinajstić information content (AvgIpc) is 2.14. The van der Waals surface area contributed by atoms with E-state index in [0.29, 0.717) is 10.6 Å². The number of hydrogen-bond acceptors (Lipinski definition) is 2. The number of benzene rings is 1. The van der Waals surface area contributed by atoms with Crippen molar-refractivity contribution in [2.24, 2.45) is 0 Å². The smallest absolute Gasteiger partial charge is 0.305 e. The summed E-state index contributed by atoms with van der Waals surface area (Å²) >= 11 is 5.84. The van der Waals surface area contributed by atoms with Crippen molar-refractivity contribution in [2.45, 2.75) is 26.3 Å². The number of halogens is 1. The summed E-state index contributed by atoms with van der Waals surface area (Å²) in [5.74, 6) is -1.26. The number of aryl methyl sites for hydroxylation is 1. The first-order chi connectivity index (χ1) is 7.88. The van der Waals surface area contributed by atoms with Crippen LogP contribution in [0.3, 0.4) is 0 Å². The Morgan fingerprint density at radius 1 is 1.41 bits per heavy atom. The van der Waals surface area contributed by atoms with Crippen LogP contribution in [0.2, 0.25) is 5.02 Å². The summed E-state index contributed by atoms with van der Waals surface area (Å²) in [5, 5.41) is 11.7. The molecule has 92 valence electrons. The molecule has 1 amide bonds. The maximum Gasteiger partial charge on any atom is 0.305 e. The van der Waals surface area contributed by atoms with Gasteiger partial charge in [0.15, 0.2) is 0 Å². The van der Waals surface area contributed by atoms with Gasteiger partial charge in [0.1, 0.15) is 0 Å². The summed E-state index contributed by atoms with van der Waals surface area (Å²) in [4.78, 5) is 22.2. The molecule has 5 heteroatoms. The molecule has 0 bridgehead atoms. The number of carbonyl (C=O) groups excluding carboxylic acids is 1. The average molecular weight is 256 g/mol. The number of nitrogens with one attached hydrogen (secondary N) is 1. The lowest BCUT2D eigenvalue weighted by atomic mass is 10.1.